The molecule has 3 aromatic heterocycles. The van der Waals surface area contributed by atoms with Gasteiger partial charge in [-0.2, -0.15) is 5.10 Å². The molecule has 51 heavy (non-hydrogen) atoms. The van der Waals surface area contributed by atoms with Crippen molar-refractivity contribution >= 4 is 63.2 Å². The highest BCUT2D eigenvalue weighted by atomic mass is 35.5. The average Bonchev–Trinajstić information content (AvgIpc) is 3.73. The van der Waals surface area contributed by atoms with Gasteiger partial charge in [-0.3, -0.25) is 29.5 Å². The number of aliphatic hydroxyl groups is 1. The Morgan fingerprint density at radius 3 is 2.45 bits per heavy atom. The lowest BCUT2D eigenvalue weighted by Crippen LogP contribution is -2.49. The van der Waals surface area contributed by atoms with Crippen LogP contribution in [0.5, 0.6) is 0 Å². The number of aliphatic carboxylic acids is 1. The minimum absolute atomic E-state index is 0.204. The molecule has 5 aromatic rings. The fraction of sp³-hybridized carbons (Fsp3) is 0.324. The number of likely N-dealkylation sites (tertiary alicyclic amines) is 1. The number of halogens is 2. The number of carboxylic acids is 1. The molecule has 1 fully saturated rings. The molecule has 0 saturated carbocycles. The Bertz CT molecular complexity index is 2140. The lowest BCUT2D eigenvalue weighted by atomic mass is 9.98. The number of aryl methyl sites for hydroxylation is 1. The summed E-state index contributed by atoms with van der Waals surface area (Å²) in [4.78, 5) is 36.7. The van der Waals surface area contributed by atoms with E-state index < -0.39 is 17.4 Å². The highest BCUT2D eigenvalue weighted by molar-refractivity contribution is 6.39. The number of aliphatic hydroxyl groups excluding tert-OH is 1. The Balaban J connectivity index is 1.10. The summed E-state index contributed by atoms with van der Waals surface area (Å²) < 4.78 is 1.75. The SMILES string of the molecule is CC(C)(NC1CCCn2nc(C(=O)Nc3cccc(-c4cccc(Nc5nccc6cc(CN7CC[C@@H](O)C7)cnc56)c4Cl)c3Cl)cc21)C(=O)O. The monoisotopic (exact) mass is 728 g/mol. The summed E-state index contributed by atoms with van der Waals surface area (Å²) in [6, 6.07) is 16.3. The van der Waals surface area contributed by atoms with Gasteiger partial charge in [-0.05, 0) is 69.0 Å². The second kappa shape index (κ2) is 14.2. The van der Waals surface area contributed by atoms with Crippen LogP contribution in [0.2, 0.25) is 10.0 Å². The van der Waals surface area contributed by atoms with E-state index in [0.717, 1.165) is 42.5 Å². The molecule has 12 nitrogen and oxygen atoms in total. The smallest absolute Gasteiger partial charge is 0.323 e. The Labute approximate surface area is 304 Å². The van der Waals surface area contributed by atoms with Gasteiger partial charge in [0.2, 0.25) is 0 Å². The molecule has 0 spiro atoms. The van der Waals surface area contributed by atoms with Crippen LogP contribution in [0, 0.1) is 0 Å². The summed E-state index contributed by atoms with van der Waals surface area (Å²) in [7, 11) is 0. The number of carbonyl (C=O) groups excluding carboxylic acids is 1. The predicted octanol–water partition coefficient (Wildman–Crippen LogP) is 6.65. The average molecular weight is 730 g/mol. The Kier molecular flexibility index (Phi) is 9.70. The molecule has 14 heteroatoms. The number of hydrogen-bond donors (Lipinski definition) is 5. The minimum atomic E-state index is -1.15. The fourth-order valence-corrected chi connectivity index (χ4v) is 7.27. The van der Waals surface area contributed by atoms with Crippen LogP contribution in [0.3, 0.4) is 0 Å². The molecular formula is C37H38Cl2N8O4. The zero-order valence-electron chi connectivity index (χ0n) is 28.2. The molecular weight excluding hydrogens is 691 g/mol. The number of aromatic nitrogens is 4. The quantitative estimate of drug-likeness (QED) is 0.105. The van der Waals surface area contributed by atoms with Gasteiger partial charge in [0, 0.05) is 55.1 Å². The minimum Gasteiger partial charge on any atom is -0.480 e. The first-order chi connectivity index (χ1) is 24.5. The van der Waals surface area contributed by atoms with Crippen LogP contribution >= 0.6 is 23.2 Å². The first-order valence-corrected chi connectivity index (χ1v) is 17.6. The lowest BCUT2D eigenvalue weighted by molar-refractivity contribution is -0.143. The van der Waals surface area contributed by atoms with Crippen molar-refractivity contribution in [3.63, 3.8) is 0 Å². The number of amides is 1. The third kappa shape index (κ3) is 7.28. The van der Waals surface area contributed by atoms with Gasteiger partial charge in [0.1, 0.15) is 11.1 Å². The molecule has 2 aliphatic rings. The zero-order valence-corrected chi connectivity index (χ0v) is 29.7. The van der Waals surface area contributed by atoms with Gasteiger partial charge in [-0.1, -0.05) is 47.5 Å². The summed E-state index contributed by atoms with van der Waals surface area (Å²) >= 11 is 13.9. The van der Waals surface area contributed by atoms with E-state index >= 15 is 0 Å². The molecule has 2 aliphatic heterocycles. The number of β-amino-alcohol motifs (C(OH)–C–C–N with tert-alkyl or cyclic N) is 1. The number of carbonyl (C=O) groups is 2. The number of fused-ring (bicyclic) bond motifs is 2. The van der Waals surface area contributed by atoms with Gasteiger partial charge in [0.15, 0.2) is 11.5 Å². The van der Waals surface area contributed by atoms with Crippen LogP contribution < -0.4 is 16.0 Å². The van der Waals surface area contributed by atoms with Crippen LogP contribution in [-0.2, 0) is 17.9 Å². The van der Waals surface area contributed by atoms with E-state index in [1.165, 1.54) is 0 Å². The van der Waals surface area contributed by atoms with Crippen LogP contribution in [0.1, 0.15) is 60.9 Å². The van der Waals surface area contributed by atoms with E-state index in [1.54, 1.807) is 42.9 Å². The fourth-order valence-electron chi connectivity index (χ4n) is 6.72. The number of anilines is 3. The highest BCUT2D eigenvalue weighted by Gasteiger charge is 2.34. The number of nitrogens with one attached hydrogen (secondary N) is 3. The number of carboxylic acid groups (broad SMARTS) is 1. The van der Waals surface area contributed by atoms with Gasteiger partial charge < -0.3 is 20.8 Å². The van der Waals surface area contributed by atoms with Crippen LogP contribution in [0.15, 0.2) is 67.0 Å². The van der Waals surface area contributed by atoms with E-state index in [9.17, 15) is 19.8 Å². The molecule has 1 amide bonds. The molecule has 5 N–H and O–H groups in total. The van der Waals surface area contributed by atoms with E-state index in [1.807, 2.05) is 36.5 Å². The number of nitrogens with zero attached hydrogens (tertiary/aromatic N) is 5. The lowest BCUT2D eigenvalue weighted by Gasteiger charge is -2.31. The molecule has 2 atom stereocenters. The Hall–Kier alpha value is -4.59. The van der Waals surface area contributed by atoms with Gasteiger partial charge in [0.05, 0.1) is 39.3 Å². The summed E-state index contributed by atoms with van der Waals surface area (Å²) in [6.07, 6.45) is 5.59. The molecule has 1 saturated heterocycles. The van der Waals surface area contributed by atoms with Crippen molar-refractivity contribution in [1.29, 1.82) is 0 Å². The van der Waals surface area contributed by atoms with Crippen molar-refractivity contribution in [3.05, 3.63) is 94.0 Å². The summed E-state index contributed by atoms with van der Waals surface area (Å²) in [5, 5.41) is 35.1. The zero-order chi connectivity index (χ0) is 35.9. The summed E-state index contributed by atoms with van der Waals surface area (Å²) in [6.45, 7) is 6.09. The first-order valence-electron chi connectivity index (χ1n) is 16.9. The Morgan fingerprint density at radius 2 is 1.73 bits per heavy atom. The third-order valence-corrected chi connectivity index (χ3v) is 10.2. The molecule has 0 aliphatic carbocycles. The molecule has 1 unspecified atom stereocenters. The number of benzene rings is 2. The van der Waals surface area contributed by atoms with Crippen LogP contribution in [-0.4, -0.2) is 71.5 Å². The van der Waals surface area contributed by atoms with Crippen LogP contribution in [0.25, 0.3) is 22.0 Å². The van der Waals surface area contributed by atoms with Gasteiger partial charge in [-0.25, -0.2) is 4.98 Å². The van der Waals surface area contributed by atoms with E-state index in [0.29, 0.717) is 63.5 Å². The van der Waals surface area contributed by atoms with Gasteiger partial charge >= 0.3 is 5.97 Å². The van der Waals surface area contributed by atoms with Crippen molar-refractivity contribution in [2.75, 3.05) is 23.7 Å². The maximum absolute atomic E-state index is 13.5. The van der Waals surface area contributed by atoms with Gasteiger partial charge in [-0.15, -0.1) is 0 Å². The normalized spacial score (nSPS) is 17.7. The van der Waals surface area contributed by atoms with Crippen molar-refractivity contribution in [2.24, 2.45) is 0 Å². The summed E-state index contributed by atoms with van der Waals surface area (Å²) in [5.74, 6) is -0.849. The molecule has 0 bridgehead atoms. The van der Waals surface area contributed by atoms with E-state index in [4.69, 9.17) is 28.2 Å². The predicted molar refractivity (Wildman–Crippen MR) is 198 cm³/mol. The Morgan fingerprint density at radius 1 is 0.980 bits per heavy atom. The second-order valence-corrected chi connectivity index (χ2v) is 14.4. The van der Waals surface area contributed by atoms with E-state index in [2.05, 4.69) is 37.0 Å². The first kappa shape index (κ1) is 34.8. The maximum Gasteiger partial charge on any atom is 0.323 e. The number of pyridine rings is 2. The molecule has 264 valence electrons. The standard InChI is InChI=1S/C37H38Cl2N8O4/c1-37(2,36(50)51)44-26-10-5-14-47-30(26)17-29(45-47)35(49)43-28-9-4-7-25(32(28)39)24-6-3-8-27(31(24)38)42-34-33-22(11-13-40-34)16-21(18-41-33)19-46-15-12-23(48)20-46/h3-4,6-9,11,13,16-18,23,26,44,48H,5,10,12,14-15,19-20H2,1-2H3,(H,40,42)(H,43,49)(H,50,51)/t23-,26?/m1/s1. The third-order valence-electron chi connectivity index (χ3n) is 9.43. The number of rotatable bonds is 10. The highest BCUT2D eigenvalue weighted by Crippen LogP contribution is 2.41. The van der Waals surface area contributed by atoms with Crippen LogP contribution in [0.4, 0.5) is 17.2 Å². The molecule has 5 heterocycles. The number of hydrogen-bond acceptors (Lipinski definition) is 9. The second-order valence-electron chi connectivity index (χ2n) is 13.6. The largest absolute Gasteiger partial charge is 0.480 e. The summed E-state index contributed by atoms with van der Waals surface area (Å²) in [5.41, 5.74) is 3.84. The van der Waals surface area contributed by atoms with Crippen molar-refractivity contribution in [2.45, 2.75) is 63.9 Å². The topological polar surface area (TPSA) is 158 Å². The molecule has 0 radical (unpaired) electrons. The van der Waals surface area contributed by atoms with Crippen molar-refractivity contribution in [3.8, 4) is 11.1 Å². The molecule has 7 rings (SSSR count). The van der Waals surface area contributed by atoms with Crippen molar-refractivity contribution < 1.29 is 19.8 Å². The van der Waals surface area contributed by atoms with Crippen molar-refractivity contribution in [1.82, 2.24) is 30.0 Å². The van der Waals surface area contributed by atoms with Gasteiger partial charge in [0.25, 0.3) is 5.91 Å². The maximum atomic E-state index is 13.5. The van der Waals surface area contributed by atoms with E-state index in [-0.39, 0.29) is 17.8 Å². The molecule has 2 aromatic carbocycles.